The van der Waals surface area contributed by atoms with Crippen LogP contribution in [0.25, 0.3) is 0 Å². The zero-order valence-corrected chi connectivity index (χ0v) is 12.4. The molecule has 0 atom stereocenters. The molecule has 0 bridgehead atoms. The summed E-state index contributed by atoms with van der Waals surface area (Å²) in [4.78, 5) is 9.91. The van der Waals surface area contributed by atoms with Crippen LogP contribution in [0.1, 0.15) is 29.1 Å². The number of aryl methyl sites for hydroxylation is 1. The topological polar surface area (TPSA) is 47.0 Å². The molecule has 0 aliphatic heterocycles. The van der Waals surface area contributed by atoms with E-state index in [1.807, 2.05) is 30.8 Å². The van der Waals surface area contributed by atoms with Crippen molar-refractivity contribution < 1.29 is 4.74 Å². The van der Waals surface area contributed by atoms with E-state index in [-0.39, 0.29) is 0 Å². The fourth-order valence-electron chi connectivity index (χ4n) is 2.01. The van der Waals surface area contributed by atoms with Crippen LogP contribution in [0.2, 0.25) is 0 Å². The van der Waals surface area contributed by atoms with Crippen molar-refractivity contribution in [3.8, 4) is 5.75 Å². The maximum Gasteiger partial charge on any atom is 0.122 e. The fourth-order valence-corrected chi connectivity index (χ4v) is 2.77. The third kappa shape index (κ3) is 3.77. The molecule has 1 saturated carbocycles. The Hall–Kier alpha value is -1.46. The Morgan fingerprint density at radius 3 is 3.05 bits per heavy atom. The molecule has 106 valence electrons. The molecule has 0 unspecified atom stereocenters. The Bertz CT molecular complexity index is 566. The molecule has 1 fully saturated rings. The van der Waals surface area contributed by atoms with Crippen LogP contribution in [0.15, 0.2) is 23.8 Å². The second kappa shape index (κ2) is 6.33. The summed E-state index contributed by atoms with van der Waals surface area (Å²) in [7, 11) is 0. The zero-order chi connectivity index (χ0) is 13.8. The molecule has 4 nitrogen and oxygen atoms in total. The lowest BCUT2D eigenvalue weighted by molar-refractivity contribution is 0.322. The number of hydrogen-bond acceptors (Lipinski definition) is 5. The third-order valence-electron chi connectivity index (χ3n) is 3.38. The van der Waals surface area contributed by atoms with Gasteiger partial charge in [-0.15, -0.1) is 11.3 Å². The summed E-state index contributed by atoms with van der Waals surface area (Å²) in [6.45, 7) is 3.55. The van der Waals surface area contributed by atoms with E-state index in [1.165, 1.54) is 17.7 Å². The van der Waals surface area contributed by atoms with Crippen LogP contribution in [0.5, 0.6) is 5.75 Å². The van der Waals surface area contributed by atoms with E-state index in [1.54, 1.807) is 11.3 Å². The number of ether oxygens (including phenoxy) is 1. The quantitative estimate of drug-likeness (QED) is 0.851. The van der Waals surface area contributed by atoms with Gasteiger partial charge in [0.2, 0.25) is 0 Å². The molecular weight excluding hydrogens is 270 g/mol. The third-order valence-corrected chi connectivity index (χ3v) is 4.37. The minimum Gasteiger partial charge on any atom is -0.493 e. The summed E-state index contributed by atoms with van der Waals surface area (Å²) in [5.41, 5.74) is 4.05. The van der Waals surface area contributed by atoms with Crippen molar-refractivity contribution in [2.75, 3.05) is 6.61 Å². The predicted octanol–water partition coefficient (Wildman–Crippen LogP) is 2.72. The number of nitrogens with one attached hydrogen (secondary N) is 1. The smallest absolute Gasteiger partial charge is 0.122 e. The van der Waals surface area contributed by atoms with Crippen LogP contribution in [0.3, 0.4) is 0 Å². The zero-order valence-electron chi connectivity index (χ0n) is 11.6. The van der Waals surface area contributed by atoms with Gasteiger partial charge in [0.25, 0.3) is 0 Å². The standard InChI is InChI=1S/C15H19N3OS/c1-11-15(20-10-18-11)5-7-19-14-4-6-16-13(8-14)9-17-12-2-3-12/h4,6,8,10,12,17H,2-3,5,7,9H2,1H3. The Morgan fingerprint density at radius 1 is 1.40 bits per heavy atom. The van der Waals surface area contributed by atoms with E-state index in [0.717, 1.165) is 30.1 Å². The van der Waals surface area contributed by atoms with Crippen molar-refractivity contribution in [2.45, 2.75) is 38.8 Å². The minimum atomic E-state index is 0.683. The first-order valence-electron chi connectivity index (χ1n) is 7.01. The van der Waals surface area contributed by atoms with Crippen LogP contribution in [-0.2, 0) is 13.0 Å². The summed E-state index contributed by atoms with van der Waals surface area (Å²) in [5, 5.41) is 3.46. The van der Waals surface area contributed by atoms with E-state index in [0.29, 0.717) is 12.6 Å². The van der Waals surface area contributed by atoms with Crippen molar-refractivity contribution >= 4 is 11.3 Å². The van der Waals surface area contributed by atoms with Gasteiger partial charge >= 0.3 is 0 Å². The van der Waals surface area contributed by atoms with Crippen molar-refractivity contribution in [3.63, 3.8) is 0 Å². The molecule has 1 N–H and O–H groups in total. The molecule has 0 aromatic carbocycles. The summed E-state index contributed by atoms with van der Waals surface area (Å²) < 4.78 is 5.81. The predicted molar refractivity (Wildman–Crippen MR) is 80.1 cm³/mol. The highest BCUT2D eigenvalue weighted by Crippen LogP contribution is 2.20. The molecule has 1 aliphatic rings. The van der Waals surface area contributed by atoms with Gasteiger partial charge in [0.1, 0.15) is 5.75 Å². The van der Waals surface area contributed by atoms with Crippen molar-refractivity contribution in [2.24, 2.45) is 0 Å². The monoisotopic (exact) mass is 289 g/mol. The molecule has 0 saturated heterocycles. The minimum absolute atomic E-state index is 0.683. The molecular formula is C15H19N3OS. The molecule has 5 heteroatoms. The average molecular weight is 289 g/mol. The van der Waals surface area contributed by atoms with Gasteiger partial charge in [-0.2, -0.15) is 0 Å². The first kappa shape index (κ1) is 13.5. The number of nitrogens with zero attached hydrogens (tertiary/aromatic N) is 2. The molecule has 0 spiro atoms. The van der Waals surface area contributed by atoms with Gasteiger partial charge in [-0.25, -0.2) is 4.98 Å². The number of aromatic nitrogens is 2. The lowest BCUT2D eigenvalue weighted by atomic mass is 10.3. The highest BCUT2D eigenvalue weighted by Gasteiger charge is 2.20. The van der Waals surface area contributed by atoms with Gasteiger partial charge in [0, 0.05) is 36.1 Å². The second-order valence-corrected chi connectivity index (χ2v) is 6.04. The van der Waals surface area contributed by atoms with Gasteiger partial charge in [0.05, 0.1) is 23.5 Å². The Morgan fingerprint density at radius 2 is 2.30 bits per heavy atom. The largest absolute Gasteiger partial charge is 0.493 e. The number of thiazole rings is 1. The summed E-state index contributed by atoms with van der Waals surface area (Å²) in [6.07, 6.45) is 5.32. The molecule has 0 amide bonds. The summed E-state index contributed by atoms with van der Waals surface area (Å²) >= 11 is 1.69. The number of hydrogen-bond donors (Lipinski definition) is 1. The van der Waals surface area contributed by atoms with Crippen molar-refractivity contribution in [1.29, 1.82) is 0 Å². The molecule has 2 heterocycles. The molecule has 3 rings (SSSR count). The molecule has 2 aromatic heterocycles. The van der Waals surface area contributed by atoms with E-state index >= 15 is 0 Å². The first-order valence-corrected chi connectivity index (χ1v) is 7.89. The van der Waals surface area contributed by atoms with Crippen LogP contribution >= 0.6 is 11.3 Å². The van der Waals surface area contributed by atoms with Crippen LogP contribution < -0.4 is 10.1 Å². The second-order valence-electron chi connectivity index (χ2n) is 5.10. The van der Waals surface area contributed by atoms with E-state index in [4.69, 9.17) is 4.74 Å². The normalized spacial score (nSPS) is 14.4. The molecule has 1 aliphatic carbocycles. The van der Waals surface area contributed by atoms with Gasteiger partial charge in [-0.3, -0.25) is 4.98 Å². The highest BCUT2D eigenvalue weighted by molar-refractivity contribution is 7.09. The van der Waals surface area contributed by atoms with E-state index in [2.05, 4.69) is 15.3 Å². The number of rotatable bonds is 7. The maximum atomic E-state index is 5.81. The van der Waals surface area contributed by atoms with Crippen molar-refractivity contribution in [1.82, 2.24) is 15.3 Å². The van der Waals surface area contributed by atoms with E-state index < -0.39 is 0 Å². The van der Waals surface area contributed by atoms with Gasteiger partial charge in [-0.05, 0) is 25.8 Å². The van der Waals surface area contributed by atoms with Gasteiger partial charge < -0.3 is 10.1 Å². The van der Waals surface area contributed by atoms with Gasteiger partial charge in [0.15, 0.2) is 0 Å². The van der Waals surface area contributed by atoms with Crippen LogP contribution in [0, 0.1) is 6.92 Å². The van der Waals surface area contributed by atoms with Crippen LogP contribution in [0.4, 0.5) is 0 Å². The lowest BCUT2D eigenvalue weighted by Crippen LogP contribution is -2.16. The Labute approximate surface area is 123 Å². The molecule has 20 heavy (non-hydrogen) atoms. The van der Waals surface area contributed by atoms with E-state index in [9.17, 15) is 0 Å². The number of pyridine rings is 1. The molecule has 0 radical (unpaired) electrons. The Kier molecular flexibility index (Phi) is 4.28. The SMILES string of the molecule is Cc1ncsc1CCOc1ccnc(CNC2CC2)c1. The fraction of sp³-hybridized carbons (Fsp3) is 0.467. The lowest BCUT2D eigenvalue weighted by Gasteiger charge is -2.07. The van der Waals surface area contributed by atoms with Crippen molar-refractivity contribution in [3.05, 3.63) is 40.1 Å². The Balaban J connectivity index is 1.49. The summed E-state index contributed by atoms with van der Waals surface area (Å²) in [6, 6.07) is 4.64. The average Bonchev–Trinajstić information content (AvgIpc) is 3.20. The van der Waals surface area contributed by atoms with Gasteiger partial charge in [-0.1, -0.05) is 0 Å². The summed E-state index contributed by atoms with van der Waals surface area (Å²) in [5.74, 6) is 0.898. The maximum absolute atomic E-state index is 5.81. The first-order chi connectivity index (χ1) is 9.81. The van der Waals surface area contributed by atoms with Crippen LogP contribution in [-0.4, -0.2) is 22.6 Å². The molecule has 2 aromatic rings. The highest BCUT2D eigenvalue weighted by atomic mass is 32.1.